The van der Waals surface area contributed by atoms with E-state index in [0.29, 0.717) is 22.3 Å². The number of piperazine rings is 1. The Kier molecular flexibility index (Phi) is 7.34. The van der Waals surface area contributed by atoms with Gasteiger partial charge in [0.05, 0.1) is 0 Å². The Balaban J connectivity index is 1.28. The molecule has 0 radical (unpaired) electrons. The first-order valence-electron chi connectivity index (χ1n) is 12.5. The summed E-state index contributed by atoms with van der Waals surface area (Å²) in [6.45, 7) is 11.2. The summed E-state index contributed by atoms with van der Waals surface area (Å²) in [5.41, 5.74) is 1.84. The van der Waals surface area contributed by atoms with Crippen LogP contribution in [-0.2, 0) is 4.79 Å². The third kappa shape index (κ3) is 5.57. The van der Waals surface area contributed by atoms with E-state index in [9.17, 15) is 4.79 Å². The minimum atomic E-state index is -0.895. The molecule has 0 saturated carbocycles. The molecule has 1 saturated heterocycles. The Labute approximate surface area is 229 Å². The van der Waals surface area contributed by atoms with Gasteiger partial charge in [0.1, 0.15) is 0 Å². The average molecular weight is 583 g/mol. The molecule has 3 heterocycles. The first-order chi connectivity index (χ1) is 17.7. The van der Waals surface area contributed by atoms with Crippen LogP contribution in [0.5, 0.6) is 5.75 Å². The summed E-state index contributed by atoms with van der Waals surface area (Å²) in [6, 6.07) is 14.4. The van der Waals surface area contributed by atoms with E-state index in [-0.39, 0.29) is 5.91 Å². The number of nitrogens with zero attached hydrogens (tertiary/aromatic N) is 5. The molecule has 5 rings (SSSR count). The number of hydrogen-bond acceptors (Lipinski definition) is 7. The summed E-state index contributed by atoms with van der Waals surface area (Å²) < 4.78 is 7.96. The van der Waals surface area contributed by atoms with Gasteiger partial charge in [-0.05, 0) is 0 Å². The van der Waals surface area contributed by atoms with Crippen molar-refractivity contribution in [3.63, 3.8) is 0 Å². The van der Waals surface area contributed by atoms with Crippen molar-refractivity contribution in [1.29, 1.82) is 0 Å². The number of benzene rings is 2. The number of hydrogen-bond donors (Lipinski definition) is 1. The van der Waals surface area contributed by atoms with E-state index < -0.39 is 21.4 Å². The molecule has 2 aliphatic heterocycles. The van der Waals surface area contributed by atoms with Gasteiger partial charge in [-0.1, -0.05) is 0 Å². The first-order valence-corrected chi connectivity index (χ1v) is 15.0. The van der Waals surface area contributed by atoms with Crippen LogP contribution in [0.3, 0.4) is 0 Å². The number of rotatable bonds is 6. The quantitative estimate of drug-likeness (QED) is 0.448. The standard InChI is InChI=1S/C27H32AsClN6O2/c1-5-34-12-14-35(15-13-34)20-9-6-18(7-10-20)28-26-30-17-21(29)24(32-26)31-19-8-11-23-22(16-19)33(4)25(36)27(2,3)37-23/h6-11,16-17,28H,5,12-15H2,1-4H3,(H,30,31,32). The van der Waals surface area contributed by atoms with E-state index in [4.69, 9.17) is 21.3 Å². The summed E-state index contributed by atoms with van der Waals surface area (Å²) >= 11 is 5.71. The molecular weight excluding hydrogens is 551 g/mol. The van der Waals surface area contributed by atoms with Crippen LogP contribution < -0.4 is 28.8 Å². The molecule has 2 aromatic carbocycles. The first kappa shape index (κ1) is 25.8. The molecular formula is C27H32AsClN6O2. The van der Waals surface area contributed by atoms with Gasteiger partial charge < -0.3 is 0 Å². The van der Waals surface area contributed by atoms with Gasteiger partial charge in [0.2, 0.25) is 0 Å². The number of anilines is 4. The minimum absolute atomic E-state index is 0.0980. The average Bonchev–Trinajstić information content (AvgIpc) is 2.90. The predicted molar refractivity (Wildman–Crippen MR) is 152 cm³/mol. The Morgan fingerprint density at radius 2 is 1.84 bits per heavy atom. The number of carbonyl (C=O) groups is 1. The maximum absolute atomic E-state index is 12.6. The van der Waals surface area contributed by atoms with Crippen LogP contribution in [-0.4, -0.2) is 81.9 Å². The molecule has 1 unspecified atom stereocenters. The molecule has 2 aliphatic rings. The summed E-state index contributed by atoms with van der Waals surface area (Å²) in [5.74, 6) is 1.11. The number of ether oxygens (including phenoxy) is 1. The number of carbonyl (C=O) groups excluding carboxylic acids is 1. The van der Waals surface area contributed by atoms with E-state index in [1.807, 2.05) is 18.2 Å². The summed E-state index contributed by atoms with van der Waals surface area (Å²) in [7, 11) is 1.76. The van der Waals surface area contributed by atoms with Gasteiger partial charge in [-0.2, -0.15) is 0 Å². The molecule has 1 aromatic heterocycles. The van der Waals surface area contributed by atoms with Gasteiger partial charge >= 0.3 is 230 Å². The van der Waals surface area contributed by atoms with Crippen LogP contribution in [0.2, 0.25) is 5.02 Å². The molecule has 1 atom stereocenters. The fourth-order valence-electron chi connectivity index (χ4n) is 4.63. The van der Waals surface area contributed by atoms with Gasteiger partial charge in [0.15, 0.2) is 0 Å². The monoisotopic (exact) mass is 582 g/mol. The molecule has 0 bridgehead atoms. The topological polar surface area (TPSA) is 73.8 Å². The van der Waals surface area contributed by atoms with Crippen molar-refractivity contribution >= 4 is 65.1 Å². The Bertz CT molecular complexity index is 1290. The Morgan fingerprint density at radius 3 is 2.54 bits per heavy atom. The SMILES string of the molecule is CCN1CCN(c2ccc([AsH]c3ncc(Cl)c(Nc4ccc5c(c4)N(C)C(=O)C(C)(C)O5)n3)cc2)CC1. The zero-order chi connectivity index (χ0) is 26.2. The summed E-state index contributed by atoms with van der Waals surface area (Å²) in [6.07, 6.45) is 1.65. The number of fused-ring (bicyclic) bond motifs is 1. The number of nitrogens with one attached hydrogen (secondary N) is 1. The molecule has 0 aliphatic carbocycles. The van der Waals surface area contributed by atoms with Gasteiger partial charge in [0, 0.05) is 0 Å². The van der Waals surface area contributed by atoms with Crippen LogP contribution >= 0.6 is 11.6 Å². The van der Waals surface area contributed by atoms with Gasteiger partial charge in [0.25, 0.3) is 0 Å². The molecule has 1 fully saturated rings. The van der Waals surface area contributed by atoms with E-state index in [0.717, 1.165) is 43.0 Å². The van der Waals surface area contributed by atoms with Gasteiger partial charge in [-0.3, -0.25) is 0 Å². The molecule has 10 heteroatoms. The second-order valence-electron chi connectivity index (χ2n) is 9.77. The second kappa shape index (κ2) is 10.5. The van der Waals surface area contributed by atoms with E-state index in [2.05, 4.69) is 51.3 Å². The Morgan fingerprint density at radius 1 is 1.11 bits per heavy atom. The van der Waals surface area contributed by atoms with Gasteiger partial charge in [-0.15, -0.1) is 0 Å². The second-order valence-corrected chi connectivity index (χ2v) is 12.8. The molecule has 8 nitrogen and oxygen atoms in total. The molecule has 37 heavy (non-hydrogen) atoms. The normalized spacial score (nSPS) is 17.7. The van der Waals surface area contributed by atoms with Crippen LogP contribution in [0.15, 0.2) is 48.7 Å². The third-order valence-electron chi connectivity index (χ3n) is 6.82. The van der Waals surface area contributed by atoms with Crippen LogP contribution in [0, 0.1) is 0 Å². The maximum atomic E-state index is 12.6. The molecule has 194 valence electrons. The van der Waals surface area contributed by atoms with Crippen LogP contribution in [0.4, 0.5) is 22.9 Å². The van der Waals surface area contributed by atoms with Crippen molar-refractivity contribution in [2.75, 3.05) is 54.9 Å². The van der Waals surface area contributed by atoms with Crippen molar-refractivity contribution in [3.05, 3.63) is 53.7 Å². The number of aromatic nitrogens is 2. The van der Waals surface area contributed by atoms with Crippen molar-refractivity contribution in [1.82, 2.24) is 14.9 Å². The van der Waals surface area contributed by atoms with Gasteiger partial charge in [-0.25, -0.2) is 0 Å². The molecule has 3 aromatic rings. The fraction of sp³-hybridized carbons (Fsp3) is 0.370. The van der Waals surface area contributed by atoms with Crippen LogP contribution in [0.1, 0.15) is 20.8 Å². The number of halogens is 1. The van der Waals surface area contributed by atoms with Crippen molar-refractivity contribution in [2.45, 2.75) is 26.4 Å². The fourth-order valence-corrected chi connectivity index (χ4v) is 6.64. The zero-order valence-electron chi connectivity index (χ0n) is 21.6. The van der Waals surface area contributed by atoms with Crippen LogP contribution in [0.25, 0.3) is 0 Å². The summed E-state index contributed by atoms with van der Waals surface area (Å²) in [5, 5.41) is 3.74. The molecule has 0 spiro atoms. The van der Waals surface area contributed by atoms with E-state index >= 15 is 0 Å². The van der Waals surface area contributed by atoms with Crippen molar-refractivity contribution in [2.24, 2.45) is 0 Å². The van der Waals surface area contributed by atoms with Crippen molar-refractivity contribution < 1.29 is 9.53 Å². The van der Waals surface area contributed by atoms with E-state index in [1.165, 1.54) is 10.0 Å². The number of amides is 1. The zero-order valence-corrected chi connectivity index (χ0v) is 24.4. The molecule has 1 N–H and O–H groups in total. The van der Waals surface area contributed by atoms with Crippen molar-refractivity contribution in [3.8, 4) is 5.75 Å². The molecule has 1 amide bonds. The Hall–Kier alpha value is -2.80. The third-order valence-corrected chi connectivity index (χ3v) is 9.38. The predicted octanol–water partition coefficient (Wildman–Crippen LogP) is 2.54. The summed E-state index contributed by atoms with van der Waals surface area (Å²) in [4.78, 5) is 28.4. The number of likely N-dealkylation sites (N-methyl/N-ethyl adjacent to an activating group) is 2. The van der Waals surface area contributed by atoms with E-state index in [1.54, 1.807) is 32.0 Å².